The van der Waals surface area contributed by atoms with Gasteiger partial charge < -0.3 is 25.1 Å². The van der Waals surface area contributed by atoms with Crippen molar-refractivity contribution in [3.8, 4) is 5.75 Å². The van der Waals surface area contributed by atoms with Gasteiger partial charge in [0.15, 0.2) is 0 Å². The SMILES string of the molecule is CC(C)(CCn1c(=O)[nH]c2ccccc21)NCC(O)c1cc(OCc2ccccc2)cc2[nH]c(=O)ccc12. The van der Waals surface area contributed by atoms with Gasteiger partial charge in [0.2, 0.25) is 5.56 Å². The summed E-state index contributed by atoms with van der Waals surface area (Å²) in [5.41, 5.74) is 3.28. The Morgan fingerprint density at radius 3 is 2.53 bits per heavy atom. The van der Waals surface area contributed by atoms with Crippen LogP contribution in [0, 0.1) is 0 Å². The zero-order valence-corrected chi connectivity index (χ0v) is 21.5. The summed E-state index contributed by atoms with van der Waals surface area (Å²) in [4.78, 5) is 30.2. The van der Waals surface area contributed by atoms with Crippen LogP contribution in [0.15, 0.2) is 88.5 Å². The van der Waals surface area contributed by atoms with Gasteiger partial charge in [0.05, 0.1) is 22.7 Å². The first-order valence-electron chi connectivity index (χ1n) is 12.7. The van der Waals surface area contributed by atoms with E-state index >= 15 is 0 Å². The molecule has 3 aromatic carbocycles. The van der Waals surface area contributed by atoms with Crippen LogP contribution in [0.4, 0.5) is 0 Å². The highest BCUT2D eigenvalue weighted by Crippen LogP contribution is 2.29. The summed E-state index contributed by atoms with van der Waals surface area (Å²) in [6.07, 6.45) is -0.172. The number of benzene rings is 3. The second kappa shape index (κ2) is 10.7. The third kappa shape index (κ3) is 5.72. The Hall–Kier alpha value is -4.14. The standard InChI is InChI=1S/C30H32N4O4/c1-30(2,14-15-34-26-11-7-6-10-24(26)33-29(34)37)31-18-27(35)23-16-21(38-19-20-8-4-3-5-9-20)17-25-22(23)12-13-28(36)32-25/h3-13,16-17,27,31,35H,14-15,18-19H2,1-2H3,(H,32,36)(H,33,37). The zero-order valence-electron chi connectivity index (χ0n) is 21.5. The van der Waals surface area contributed by atoms with Crippen LogP contribution < -0.4 is 21.3 Å². The molecule has 0 amide bonds. The summed E-state index contributed by atoms with van der Waals surface area (Å²) in [6, 6.07) is 24.3. The molecule has 196 valence electrons. The second-order valence-electron chi connectivity index (χ2n) is 10.2. The first-order valence-corrected chi connectivity index (χ1v) is 12.7. The first kappa shape index (κ1) is 25.5. The summed E-state index contributed by atoms with van der Waals surface area (Å²) in [7, 11) is 0. The minimum Gasteiger partial charge on any atom is -0.489 e. The number of H-pyrrole nitrogens is 2. The van der Waals surface area contributed by atoms with E-state index in [1.807, 2.05) is 60.7 Å². The molecule has 38 heavy (non-hydrogen) atoms. The fourth-order valence-electron chi connectivity index (χ4n) is 4.66. The van der Waals surface area contributed by atoms with Gasteiger partial charge >= 0.3 is 5.69 Å². The van der Waals surface area contributed by atoms with E-state index in [1.54, 1.807) is 16.7 Å². The lowest BCUT2D eigenvalue weighted by Gasteiger charge is -2.28. The summed E-state index contributed by atoms with van der Waals surface area (Å²) in [5, 5.41) is 15.4. The van der Waals surface area contributed by atoms with Crippen molar-refractivity contribution in [1.29, 1.82) is 0 Å². The third-order valence-electron chi connectivity index (χ3n) is 6.87. The summed E-state index contributed by atoms with van der Waals surface area (Å²) < 4.78 is 7.76. The molecule has 0 bridgehead atoms. The van der Waals surface area contributed by atoms with E-state index in [2.05, 4.69) is 29.1 Å². The molecule has 0 radical (unpaired) electrons. The van der Waals surface area contributed by atoms with Crippen molar-refractivity contribution in [3.63, 3.8) is 0 Å². The van der Waals surface area contributed by atoms with Gasteiger partial charge in [0, 0.05) is 36.1 Å². The van der Waals surface area contributed by atoms with E-state index < -0.39 is 6.10 Å². The first-order chi connectivity index (χ1) is 18.3. The monoisotopic (exact) mass is 512 g/mol. The van der Waals surface area contributed by atoms with Crippen LogP contribution in [0.1, 0.15) is 37.5 Å². The van der Waals surface area contributed by atoms with Gasteiger partial charge in [-0.3, -0.25) is 9.36 Å². The molecule has 2 aromatic heterocycles. The summed E-state index contributed by atoms with van der Waals surface area (Å²) >= 11 is 0. The number of aliphatic hydroxyl groups excluding tert-OH is 1. The highest BCUT2D eigenvalue weighted by atomic mass is 16.5. The lowest BCUT2D eigenvalue weighted by molar-refractivity contribution is 0.159. The van der Waals surface area contributed by atoms with E-state index in [0.717, 1.165) is 22.0 Å². The molecule has 1 unspecified atom stereocenters. The predicted octanol–water partition coefficient (Wildman–Crippen LogP) is 4.24. The van der Waals surface area contributed by atoms with E-state index in [9.17, 15) is 14.7 Å². The number of pyridine rings is 1. The van der Waals surface area contributed by atoms with Crippen molar-refractivity contribution in [3.05, 3.63) is 111 Å². The van der Waals surface area contributed by atoms with Crippen molar-refractivity contribution in [2.24, 2.45) is 0 Å². The molecular weight excluding hydrogens is 480 g/mol. The number of ether oxygens (including phenoxy) is 1. The topological polar surface area (TPSA) is 112 Å². The average Bonchev–Trinajstić information content (AvgIpc) is 3.24. The Kier molecular flexibility index (Phi) is 7.18. The number of aryl methyl sites for hydroxylation is 1. The molecular formula is C30H32N4O4. The van der Waals surface area contributed by atoms with Crippen molar-refractivity contribution in [1.82, 2.24) is 19.9 Å². The minimum atomic E-state index is -0.848. The highest BCUT2D eigenvalue weighted by molar-refractivity contribution is 5.84. The maximum atomic E-state index is 12.4. The number of aromatic amines is 2. The lowest BCUT2D eigenvalue weighted by atomic mass is 9.98. The molecule has 8 nitrogen and oxygen atoms in total. The Balaban J connectivity index is 1.31. The Labute approximate surface area is 219 Å². The molecule has 0 saturated heterocycles. The van der Waals surface area contributed by atoms with Gasteiger partial charge in [-0.05, 0) is 55.7 Å². The molecule has 0 saturated carbocycles. The molecule has 4 N–H and O–H groups in total. The molecule has 8 heteroatoms. The number of rotatable bonds is 10. The predicted molar refractivity (Wildman–Crippen MR) is 150 cm³/mol. The van der Waals surface area contributed by atoms with Crippen molar-refractivity contribution in [2.75, 3.05) is 6.54 Å². The molecule has 2 heterocycles. The number of imidazole rings is 1. The van der Waals surface area contributed by atoms with Crippen LogP contribution in [0.3, 0.4) is 0 Å². The number of aromatic nitrogens is 3. The number of hydrogen-bond donors (Lipinski definition) is 4. The second-order valence-corrected chi connectivity index (χ2v) is 10.2. The van der Waals surface area contributed by atoms with E-state index in [4.69, 9.17) is 4.74 Å². The van der Waals surface area contributed by atoms with E-state index in [0.29, 0.717) is 36.4 Å². The number of β-amino-alcohol motifs (C(OH)–C–C–N with tert-alkyl or cyclic N) is 1. The molecule has 0 aliphatic heterocycles. The number of para-hydroxylation sites is 2. The fraction of sp³-hybridized carbons (Fsp3) is 0.267. The van der Waals surface area contributed by atoms with E-state index in [-0.39, 0.29) is 23.3 Å². The smallest absolute Gasteiger partial charge is 0.326 e. The molecule has 5 rings (SSSR count). The Bertz CT molecular complexity index is 1670. The van der Waals surface area contributed by atoms with Gasteiger partial charge in [0.25, 0.3) is 0 Å². The van der Waals surface area contributed by atoms with Gasteiger partial charge in [-0.15, -0.1) is 0 Å². The van der Waals surface area contributed by atoms with Crippen molar-refractivity contribution in [2.45, 2.75) is 45.1 Å². The molecule has 5 aromatic rings. The molecule has 1 atom stereocenters. The van der Waals surface area contributed by atoms with Crippen LogP contribution >= 0.6 is 0 Å². The third-order valence-corrected chi connectivity index (χ3v) is 6.87. The van der Waals surface area contributed by atoms with Crippen molar-refractivity contribution >= 4 is 21.9 Å². The maximum absolute atomic E-state index is 12.4. The average molecular weight is 513 g/mol. The number of hydrogen-bond acceptors (Lipinski definition) is 5. The zero-order chi connectivity index (χ0) is 26.7. The molecule has 0 aliphatic carbocycles. The van der Waals surface area contributed by atoms with Crippen LogP contribution in [0.25, 0.3) is 21.9 Å². The van der Waals surface area contributed by atoms with Gasteiger partial charge in [-0.25, -0.2) is 4.79 Å². The Morgan fingerprint density at radius 1 is 0.947 bits per heavy atom. The van der Waals surface area contributed by atoms with Crippen LogP contribution in [-0.2, 0) is 13.2 Å². The van der Waals surface area contributed by atoms with Gasteiger partial charge in [-0.1, -0.05) is 42.5 Å². The number of aliphatic hydroxyl groups is 1. The number of nitrogens with zero attached hydrogens (tertiary/aromatic N) is 1. The van der Waals surface area contributed by atoms with Gasteiger partial charge in [-0.2, -0.15) is 0 Å². The number of nitrogens with one attached hydrogen (secondary N) is 3. The minimum absolute atomic E-state index is 0.130. The maximum Gasteiger partial charge on any atom is 0.326 e. The normalized spacial score (nSPS) is 12.7. The van der Waals surface area contributed by atoms with Crippen molar-refractivity contribution < 1.29 is 9.84 Å². The van der Waals surface area contributed by atoms with Crippen LogP contribution in [0.2, 0.25) is 0 Å². The van der Waals surface area contributed by atoms with Gasteiger partial charge in [0.1, 0.15) is 12.4 Å². The fourth-order valence-corrected chi connectivity index (χ4v) is 4.66. The van der Waals surface area contributed by atoms with Crippen LogP contribution in [0.5, 0.6) is 5.75 Å². The summed E-state index contributed by atoms with van der Waals surface area (Å²) in [5.74, 6) is 0.565. The molecule has 0 aliphatic rings. The molecule has 0 spiro atoms. The quantitative estimate of drug-likeness (QED) is 0.224. The van der Waals surface area contributed by atoms with E-state index in [1.165, 1.54) is 6.07 Å². The summed E-state index contributed by atoms with van der Waals surface area (Å²) in [6.45, 7) is 5.29. The van der Waals surface area contributed by atoms with Crippen LogP contribution in [-0.4, -0.2) is 31.7 Å². The number of fused-ring (bicyclic) bond motifs is 2. The largest absolute Gasteiger partial charge is 0.489 e. The molecule has 0 fully saturated rings. The highest BCUT2D eigenvalue weighted by Gasteiger charge is 2.22. The lowest BCUT2D eigenvalue weighted by Crippen LogP contribution is -2.42. The Morgan fingerprint density at radius 2 is 1.71 bits per heavy atom.